The van der Waals surface area contributed by atoms with Crippen LogP contribution in [0.1, 0.15) is 0 Å². The van der Waals surface area contributed by atoms with Crippen molar-refractivity contribution >= 4 is 53.3 Å². The van der Waals surface area contributed by atoms with E-state index in [1.54, 1.807) is 6.07 Å². The fourth-order valence-corrected chi connectivity index (χ4v) is 5.28. The molecule has 0 aliphatic carbocycles. The van der Waals surface area contributed by atoms with Gasteiger partial charge in [-0.25, -0.2) is 8.42 Å². The molecular weight excluding hydrogens is 412 g/mol. The summed E-state index contributed by atoms with van der Waals surface area (Å²) in [5, 5.41) is 9.36. The maximum absolute atomic E-state index is 12.4. The maximum Gasteiger partial charge on any atom is 0.264 e. The van der Waals surface area contributed by atoms with Crippen molar-refractivity contribution in [3.63, 3.8) is 0 Å². The van der Waals surface area contributed by atoms with Gasteiger partial charge in [-0.15, -0.1) is 0 Å². The SMILES string of the molecule is Nc1cc(Br)c(S(=O)(=O)Nc2cccc(O)c2)c(Br)c1. The molecule has 0 aliphatic heterocycles. The van der Waals surface area contributed by atoms with Crippen molar-refractivity contribution in [2.24, 2.45) is 0 Å². The van der Waals surface area contributed by atoms with Crippen molar-refractivity contribution in [1.29, 1.82) is 0 Å². The highest BCUT2D eigenvalue weighted by Gasteiger charge is 2.22. The van der Waals surface area contributed by atoms with Crippen molar-refractivity contribution in [1.82, 2.24) is 0 Å². The molecule has 2 aromatic rings. The minimum Gasteiger partial charge on any atom is -0.508 e. The van der Waals surface area contributed by atoms with Crippen LogP contribution in [0.2, 0.25) is 0 Å². The zero-order valence-corrected chi connectivity index (χ0v) is 14.0. The first-order valence-electron chi connectivity index (χ1n) is 5.36. The van der Waals surface area contributed by atoms with Gasteiger partial charge in [0, 0.05) is 20.7 Å². The Labute approximate surface area is 133 Å². The van der Waals surface area contributed by atoms with Gasteiger partial charge < -0.3 is 10.8 Å². The number of halogens is 2. The highest BCUT2D eigenvalue weighted by Crippen LogP contribution is 2.33. The Morgan fingerprint density at radius 1 is 1.10 bits per heavy atom. The molecule has 8 heteroatoms. The Kier molecular flexibility index (Phi) is 4.26. The van der Waals surface area contributed by atoms with Crippen molar-refractivity contribution in [3.8, 4) is 5.75 Å². The van der Waals surface area contributed by atoms with E-state index in [0.29, 0.717) is 14.6 Å². The second-order valence-electron chi connectivity index (χ2n) is 3.97. The summed E-state index contributed by atoms with van der Waals surface area (Å²) < 4.78 is 27.8. The molecule has 5 nitrogen and oxygen atoms in total. The van der Waals surface area contributed by atoms with E-state index in [2.05, 4.69) is 36.6 Å². The van der Waals surface area contributed by atoms with Gasteiger partial charge in [0.05, 0.1) is 5.69 Å². The van der Waals surface area contributed by atoms with Crippen molar-refractivity contribution in [2.45, 2.75) is 4.90 Å². The lowest BCUT2D eigenvalue weighted by Crippen LogP contribution is -2.14. The van der Waals surface area contributed by atoms with Gasteiger partial charge in [0.25, 0.3) is 10.0 Å². The second-order valence-corrected chi connectivity index (χ2v) is 7.30. The molecule has 0 fully saturated rings. The summed E-state index contributed by atoms with van der Waals surface area (Å²) in [7, 11) is -3.82. The number of hydrogen-bond acceptors (Lipinski definition) is 4. The molecule has 0 spiro atoms. The van der Waals surface area contributed by atoms with Gasteiger partial charge in [0.2, 0.25) is 0 Å². The van der Waals surface area contributed by atoms with E-state index in [1.165, 1.54) is 30.3 Å². The largest absolute Gasteiger partial charge is 0.508 e. The van der Waals surface area contributed by atoms with Gasteiger partial charge in [0.15, 0.2) is 0 Å². The number of nitrogens with one attached hydrogen (secondary N) is 1. The van der Waals surface area contributed by atoms with Gasteiger partial charge in [-0.2, -0.15) is 0 Å². The van der Waals surface area contributed by atoms with Crippen LogP contribution in [0, 0.1) is 0 Å². The van der Waals surface area contributed by atoms with Crippen molar-refractivity contribution < 1.29 is 13.5 Å². The van der Waals surface area contributed by atoms with Gasteiger partial charge in [-0.05, 0) is 56.1 Å². The van der Waals surface area contributed by atoms with E-state index in [1.807, 2.05) is 0 Å². The molecular formula is C12H10Br2N2O3S. The molecule has 0 atom stereocenters. The number of nitrogen functional groups attached to an aromatic ring is 1. The van der Waals surface area contributed by atoms with E-state index in [4.69, 9.17) is 5.73 Å². The van der Waals surface area contributed by atoms with E-state index in [-0.39, 0.29) is 16.3 Å². The summed E-state index contributed by atoms with van der Waals surface area (Å²) in [5.41, 5.74) is 6.33. The Bertz CT molecular complexity index is 740. The summed E-state index contributed by atoms with van der Waals surface area (Å²) in [6, 6.07) is 8.85. The number of phenolic OH excluding ortho intramolecular Hbond substituents is 1. The topological polar surface area (TPSA) is 92.4 Å². The predicted molar refractivity (Wildman–Crippen MR) is 85.2 cm³/mol. The summed E-state index contributed by atoms with van der Waals surface area (Å²) in [4.78, 5) is 0.0371. The monoisotopic (exact) mass is 420 g/mol. The number of sulfonamides is 1. The highest BCUT2D eigenvalue weighted by atomic mass is 79.9. The third-order valence-corrected chi connectivity index (χ3v) is 5.65. The van der Waals surface area contributed by atoms with Crippen LogP contribution in [0.15, 0.2) is 50.2 Å². The number of nitrogens with two attached hydrogens (primary N) is 1. The molecule has 0 bridgehead atoms. The fourth-order valence-electron chi connectivity index (χ4n) is 1.61. The number of hydrogen-bond donors (Lipinski definition) is 3. The van der Waals surface area contributed by atoms with E-state index < -0.39 is 10.0 Å². The summed E-state index contributed by atoms with van der Waals surface area (Å²) in [5.74, 6) is -0.0272. The van der Waals surface area contributed by atoms with Crippen LogP contribution in [-0.4, -0.2) is 13.5 Å². The second kappa shape index (κ2) is 5.63. The smallest absolute Gasteiger partial charge is 0.264 e. The van der Waals surface area contributed by atoms with Crippen LogP contribution in [0.25, 0.3) is 0 Å². The molecule has 2 rings (SSSR count). The average molecular weight is 422 g/mol. The molecule has 106 valence electrons. The Morgan fingerprint density at radius 3 is 2.25 bits per heavy atom. The summed E-state index contributed by atoms with van der Waals surface area (Å²) >= 11 is 6.37. The number of aromatic hydroxyl groups is 1. The van der Waals surface area contributed by atoms with Gasteiger partial charge in [-0.3, -0.25) is 4.72 Å². The van der Waals surface area contributed by atoms with Crippen LogP contribution in [0.4, 0.5) is 11.4 Å². The molecule has 20 heavy (non-hydrogen) atoms. The standard InChI is InChI=1S/C12H10Br2N2O3S/c13-10-4-7(15)5-11(14)12(10)20(18,19)16-8-2-1-3-9(17)6-8/h1-6,16-17H,15H2. The molecule has 0 unspecified atom stereocenters. The van der Waals surface area contributed by atoms with Crippen LogP contribution in [0.5, 0.6) is 5.75 Å². The number of phenols is 1. The maximum atomic E-state index is 12.4. The molecule has 2 aromatic carbocycles. The van der Waals surface area contributed by atoms with Crippen LogP contribution in [0.3, 0.4) is 0 Å². The Balaban J connectivity index is 2.46. The zero-order chi connectivity index (χ0) is 14.9. The minimum absolute atomic E-state index is 0.0272. The quantitative estimate of drug-likeness (QED) is 0.663. The molecule has 4 N–H and O–H groups in total. The number of rotatable bonds is 3. The molecule has 0 saturated heterocycles. The molecule has 0 aromatic heterocycles. The average Bonchev–Trinajstić information content (AvgIpc) is 2.25. The first-order chi connectivity index (χ1) is 9.29. The van der Waals surface area contributed by atoms with E-state index in [0.717, 1.165) is 0 Å². The van der Waals surface area contributed by atoms with E-state index in [9.17, 15) is 13.5 Å². The highest BCUT2D eigenvalue weighted by molar-refractivity contribution is 9.11. The third-order valence-electron chi connectivity index (χ3n) is 2.39. The van der Waals surface area contributed by atoms with E-state index >= 15 is 0 Å². The first-order valence-corrected chi connectivity index (χ1v) is 8.43. The summed E-state index contributed by atoms with van der Waals surface area (Å²) in [6.07, 6.45) is 0. The minimum atomic E-state index is -3.82. The molecule has 0 amide bonds. The molecule has 0 heterocycles. The first kappa shape index (κ1) is 15.1. The zero-order valence-electron chi connectivity index (χ0n) is 9.97. The lowest BCUT2D eigenvalue weighted by molar-refractivity contribution is 0.475. The van der Waals surface area contributed by atoms with Crippen LogP contribution >= 0.6 is 31.9 Å². The molecule has 0 radical (unpaired) electrons. The van der Waals surface area contributed by atoms with Gasteiger partial charge >= 0.3 is 0 Å². The molecule has 0 aliphatic rings. The van der Waals surface area contributed by atoms with Crippen molar-refractivity contribution in [2.75, 3.05) is 10.5 Å². The van der Waals surface area contributed by atoms with Gasteiger partial charge in [0.1, 0.15) is 10.6 Å². The third kappa shape index (κ3) is 3.25. The van der Waals surface area contributed by atoms with Crippen LogP contribution < -0.4 is 10.5 Å². The fraction of sp³-hybridized carbons (Fsp3) is 0. The lowest BCUT2D eigenvalue weighted by Gasteiger charge is -2.12. The lowest BCUT2D eigenvalue weighted by atomic mass is 10.3. The number of anilines is 2. The summed E-state index contributed by atoms with van der Waals surface area (Å²) in [6.45, 7) is 0. The Morgan fingerprint density at radius 2 is 1.70 bits per heavy atom. The van der Waals surface area contributed by atoms with Crippen LogP contribution in [-0.2, 0) is 10.0 Å². The normalized spacial score (nSPS) is 11.3. The number of benzene rings is 2. The Hall–Kier alpha value is -1.25. The predicted octanol–water partition coefficient (Wildman–Crippen LogP) is 3.30. The molecule has 0 saturated carbocycles. The van der Waals surface area contributed by atoms with Crippen molar-refractivity contribution in [3.05, 3.63) is 45.3 Å². The van der Waals surface area contributed by atoms with Gasteiger partial charge in [-0.1, -0.05) is 6.07 Å².